The van der Waals surface area contributed by atoms with Crippen molar-refractivity contribution < 1.29 is 25.2 Å². The number of aliphatic hydroxyl groups is 4. The van der Waals surface area contributed by atoms with Gasteiger partial charge in [-0.15, -0.1) is 0 Å². The minimum Gasteiger partial charge on any atom is -0.394 e. The number of methoxy groups -OCH3 is 1. The van der Waals surface area contributed by atoms with Crippen LogP contribution in [0.3, 0.4) is 0 Å². The van der Waals surface area contributed by atoms with Gasteiger partial charge in [0.05, 0.1) is 12.7 Å². The molecular weight excluding hydrogens is 178 g/mol. The topological polar surface area (TPSA) is 116 Å². The highest BCUT2D eigenvalue weighted by Crippen LogP contribution is 2.07. The Kier molecular flexibility index (Phi) is 6.13. The molecule has 6 N–H and O–H groups in total. The van der Waals surface area contributed by atoms with Crippen molar-refractivity contribution in [1.82, 2.24) is 0 Å². The average Bonchev–Trinajstić information content (AvgIpc) is 2.17. The lowest BCUT2D eigenvalue weighted by molar-refractivity contribution is -0.127. The predicted molar refractivity (Wildman–Crippen MR) is 45.0 cm³/mol. The maximum Gasteiger partial charge on any atom is 0.114 e. The number of aliphatic hydroxyl groups excluding tert-OH is 4. The molecule has 0 heterocycles. The second kappa shape index (κ2) is 6.25. The summed E-state index contributed by atoms with van der Waals surface area (Å²) in [5, 5.41) is 36.2. The molecular formula is C7H17NO5. The summed E-state index contributed by atoms with van der Waals surface area (Å²) in [5.74, 6) is 0. The van der Waals surface area contributed by atoms with E-state index >= 15 is 0 Å². The van der Waals surface area contributed by atoms with E-state index in [4.69, 9.17) is 25.8 Å². The Morgan fingerprint density at radius 3 is 2.08 bits per heavy atom. The van der Waals surface area contributed by atoms with Gasteiger partial charge in [-0.3, -0.25) is 0 Å². The van der Waals surface area contributed by atoms with Crippen molar-refractivity contribution in [3.63, 3.8) is 0 Å². The van der Waals surface area contributed by atoms with E-state index in [1.54, 1.807) is 0 Å². The first-order chi connectivity index (χ1) is 6.08. The third-order valence-corrected chi connectivity index (χ3v) is 1.81. The van der Waals surface area contributed by atoms with Gasteiger partial charge < -0.3 is 30.9 Å². The average molecular weight is 195 g/mol. The van der Waals surface area contributed by atoms with Gasteiger partial charge in [0.25, 0.3) is 0 Å². The third kappa shape index (κ3) is 3.55. The van der Waals surface area contributed by atoms with Crippen molar-refractivity contribution >= 4 is 0 Å². The molecule has 4 atom stereocenters. The van der Waals surface area contributed by atoms with Crippen molar-refractivity contribution in [2.24, 2.45) is 5.73 Å². The minimum atomic E-state index is -1.31. The van der Waals surface area contributed by atoms with Crippen molar-refractivity contribution in [3.8, 4) is 0 Å². The van der Waals surface area contributed by atoms with Gasteiger partial charge in [0, 0.05) is 13.7 Å². The summed E-state index contributed by atoms with van der Waals surface area (Å²) in [6.45, 7) is -0.688. The lowest BCUT2D eigenvalue weighted by Crippen LogP contribution is -2.49. The van der Waals surface area contributed by atoms with Gasteiger partial charge in [0.2, 0.25) is 0 Å². The number of rotatable bonds is 6. The molecule has 0 aliphatic rings. The van der Waals surface area contributed by atoms with Gasteiger partial charge >= 0.3 is 0 Å². The van der Waals surface area contributed by atoms with Crippen molar-refractivity contribution in [3.05, 3.63) is 0 Å². The second-order valence-electron chi connectivity index (χ2n) is 2.74. The number of hydrogen-bond acceptors (Lipinski definition) is 6. The second-order valence-corrected chi connectivity index (χ2v) is 2.74. The molecule has 0 bridgehead atoms. The van der Waals surface area contributed by atoms with E-state index in [2.05, 4.69) is 0 Å². The maximum atomic E-state index is 9.35. The molecule has 0 rings (SSSR count). The molecule has 0 saturated carbocycles. The Morgan fingerprint density at radius 2 is 1.77 bits per heavy atom. The van der Waals surface area contributed by atoms with Crippen LogP contribution in [0.15, 0.2) is 0 Å². The summed E-state index contributed by atoms with van der Waals surface area (Å²) >= 11 is 0. The third-order valence-electron chi connectivity index (χ3n) is 1.81. The van der Waals surface area contributed by atoms with Gasteiger partial charge in [-0.05, 0) is 0 Å². The molecule has 0 aromatic heterocycles. The van der Waals surface area contributed by atoms with Crippen LogP contribution in [0.25, 0.3) is 0 Å². The van der Waals surface area contributed by atoms with Crippen LogP contribution < -0.4 is 5.73 Å². The normalized spacial score (nSPS) is 20.8. The van der Waals surface area contributed by atoms with Crippen molar-refractivity contribution in [2.45, 2.75) is 24.4 Å². The summed E-state index contributed by atoms with van der Waals surface area (Å²) in [4.78, 5) is 0. The van der Waals surface area contributed by atoms with Crippen molar-refractivity contribution in [1.29, 1.82) is 0 Å². The van der Waals surface area contributed by atoms with E-state index in [0.29, 0.717) is 0 Å². The smallest absolute Gasteiger partial charge is 0.114 e. The molecule has 0 aromatic rings. The van der Waals surface area contributed by atoms with E-state index in [1.165, 1.54) is 7.11 Å². The van der Waals surface area contributed by atoms with Gasteiger partial charge in [0.15, 0.2) is 0 Å². The Hall–Kier alpha value is -0.240. The van der Waals surface area contributed by atoms with Gasteiger partial charge in [-0.25, -0.2) is 0 Å². The van der Waals surface area contributed by atoms with E-state index in [-0.39, 0.29) is 6.54 Å². The van der Waals surface area contributed by atoms with Crippen LogP contribution in [0.5, 0.6) is 0 Å². The first-order valence-corrected chi connectivity index (χ1v) is 3.96. The monoisotopic (exact) mass is 195 g/mol. The van der Waals surface area contributed by atoms with Gasteiger partial charge in [0.1, 0.15) is 18.3 Å². The molecule has 0 amide bonds. The lowest BCUT2D eigenvalue weighted by atomic mass is 10.0. The first kappa shape index (κ1) is 12.8. The fraction of sp³-hybridized carbons (Fsp3) is 1.00. The fourth-order valence-electron chi connectivity index (χ4n) is 0.986. The Morgan fingerprint density at radius 1 is 1.23 bits per heavy atom. The predicted octanol–water partition coefficient (Wildman–Crippen LogP) is -2.96. The van der Waals surface area contributed by atoms with Crippen LogP contribution in [0, 0.1) is 0 Å². The molecule has 0 saturated heterocycles. The lowest BCUT2D eigenvalue weighted by Gasteiger charge is -2.27. The molecule has 6 nitrogen and oxygen atoms in total. The fourth-order valence-corrected chi connectivity index (χ4v) is 0.986. The van der Waals surface area contributed by atoms with Crippen molar-refractivity contribution in [2.75, 3.05) is 20.3 Å². The standard InChI is InChI=1S/C7H17NO5/c1-13-7(5(11)3-9)6(12)4(10)2-8/h4-7,9-12H,2-3,8H2,1H3/t4?,5-,6-,7-/m1/s1. The summed E-state index contributed by atoms with van der Waals surface area (Å²) in [7, 11) is 1.26. The largest absolute Gasteiger partial charge is 0.394 e. The van der Waals surface area contributed by atoms with E-state index in [9.17, 15) is 5.11 Å². The summed E-state index contributed by atoms with van der Waals surface area (Å²) in [6.07, 6.45) is -4.76. The highest BCUT2D eigenvalue weighted by molar-refractivity contribution is 4.82. The molecule has 13 heavy (non-hydrogen) atoms. The molecule has 6 heteroatoms. The maximum absolute atomic E-state index is 9.35. The first-order valence-electron chi connectivity index (χ1n) is 3.96. The molecule has 0 radical (unpaired) electrons. The SMILES string of the molecule is CO[C@H]([C@H](O)CO)[C@H](O)C(O)CN. The molecule has 0 aromatic carbocycles. The van der Waals surface area contributed by atoms with Crippen LogP contribution >= 0.6 is 0 Å². The number of hydrogen-bond donors (Lipinski definition) is 5. The molecule has 80 valence electrons. The van der Waals surface area contributed by atoms with Crippen LogP contribution in [0.2, 0.25) is 0 Å². The molecule has 1 unspecified atom stereocenters. The summed E-state index contributed by atoms with van der Waals surface area (Å²) in [5.41, 5.74) is 5.10. The number of nitrogens with two attached hydrogens (primary N) is 1. The van der Waals surface area contributed by atoms with Gasteiger partial charge in [-0.1, -0.05) is 0 Å². The van der Waals surface area contributed by atoms with E-state index in [0.717, 1.165) is 0 Å². The van der Waals surface area contributed by atoms with Crippen LogP contribution in [-0.2, 0) is 4.74 Å². The number of ether oxygens (including phenoxy) is 1. The molecule has 0 aliphatic heterocycles. The Bertz CT molecular complexity index is 134. The highest BCUT2D eigenvalue weighted by Gasteiger charge is 2.30. The molecule has 0 aliphatic carbocycles. The summed E-state index contributed by atoms with van der Waals surface area (Å²) < 4.78 is 4.71. The van der Waals surface area contributed by atoms with Crippen LogP contribution in [0.1, 0.15) is 0 Å². The quantitative estimate of drug-likeness (QED) is 0.309. The zero-order chi connectivity index (χ0) is 10.4. The minimum absolute atomic E-state index is 0.140. The molecule has 0 spiro atoms. The highest BCUT2D eigenvalue weighted by atomic mass is 16.5. The van der Waals surface area contributed by atoms with E-state index < -0.39 is 31.0 Å². The Labute approximate surface area is 76.6 Å². The summed E-state index contributed by atoms with van der Waals surface area (Å²) in [6, 6.07) is 0. The zero-order valence-corrected chi connectivity index (χ0v) is 7.50. The van der Waals surface area contributed by atoms with E-state index in [1.807, 2.05) is 0 Å². The zero-order valence-electron chi connectivity index (χ0n) is 7.50. The molecule has 0 fully saturated rings. The van der Waals surface area contributed by atoms with Crippen LogP contribution in [0.4, 0.5) is 0 Å². The Balaban J connectivity index is 4.21. The van der Waals surface area contributed by atoms with Crippen LogP contribution in [-0.4, -0.2) is 65.1 Å². The van der Waals surface area contributed by atoms with Gasteiger partial charge in [-0.2, -0.15) is 0 Å².